The molecule has 166 valence electrons. The molecule has 0 saturated carbocycles. The lowest BCUT2D eigenvalue weighted by atomic mass is 9.98. The van der Waals surface area contributed by atoms with Gasteiger partial charge in [-0.1, -0.05) is 12.1 Å². The molecule has 0 aliphatic carbocycles. The van der Waals surface area contributed by atoms with E-state index in [0.717, 1.165) is 4.57 Å². The molecule has 6 nitrogen and oxygen atoms in total. The van der Waals surface area contributed by atoms with Gasteiger partial charge in [-0.3, -0.25) is 4.99 Å². The van der Waals surface area contributed by atoms with Crippen molar-refractivity contribution in [2.45, 2.75) is 45.0 Å². The van der Waals surface area contributed by atoms with Crippen molar-refractivity contribution in [3.05, 3.63) is 53.4 Å². The topological polar surface area (TPSA) is 74.5 Å². The highest BCUT2D eigenvalue weighted by atomic mass is 19.4. The zero-order valence-electron chi connectivity index (χ0n) is 17.4. The van der Waals surface area contributed by atoms with Crippen LogP contribution in [0.25, 0.3) is 0 Å². The Kier molecular flexibility index (Phi) is 7.46. The highest BCUT2D eigenvalue weighted by Gasteiger charge is 2.57. The molecule has 1 heterocycles. The zero-order valence-corrected chi connectivity index (χ0v) is 17.4. The molecule has 1 aromatic heterocycles. The Morgan fingerprint density at radius 3 is 2.57 bits per heavy atom. The first kappa shape index (κ1) is 23.7. The number of aromatic nitrogens is 2. The fourth-order valence-electron chi connectivity index (χ4n) is 2.96. The van der Waals surface area contributed by atoms with Crippen molar-refractivity contribution in [3.8, 4) is 0 Å². The first-order valence-electron chi connectivity index (χ1n) is 9.57. The van der Waals surface area contributed by atoms with Gasteiger partial charge in [0, 0.05) is 39.0 Å². The van der Waals surface area contributed by atoms with E-state index in [0.29, 0.717) is 17.7 Å². The van der Waals surface area contributed by atoms with Crippen molar-refractivity contribution < 1.29 is 22.7 Å². The second-order valence-corrected chi connectivity index (χ2v) is 7.11. The van der Waals surface area contributed by atoms with Gasteiger partial charge in [0.25, 0.3) is 0 Å². The summed E-state index contributed by atoms with van der Waals surface area (Å²) in [5.41, 5.74) is -1.94. The Morgan fingerprint density at radius 1 is 1.33 bits per heavy atom. The number of benzene rings is 1. The summed E-state index contributed by atoms with van der Waals surface area (Å²) >= 11 is 0. The molecule has 0 amide bonds. The maximum Gasteiger partial charge on any atom is 0.424 e. The average molecular weight is 429 g/mol. The molecule has 3 N–H and O–H groups in total. The van der Waals surface area contributed by atoms with Crippen molar-refractivity contribution in [1.82, 2.24) is 20.2 Å². The van der Waals surface area contributed by atoms with E-state index in [9.17, 15) is 22.7 Å². The fraction of sp³-hybridized carbons (Fsp3) is 0.500. The van der Waals surface area contributed by atoms with Crippen LogP contribution in [0.5, 0.6) is 0 Å². The molecule has 0 aliphatic rings. The first-order valence-corrected chi connectivity index (χ1v) is 9.57. The molecule has 10 heteroatoms. The second-order valence-electron chi connectivity index (χ2n) is 7.11. The number of guanidine groups is 1. The molecule has 0 aliphatic heterocycles. The van der Waals surface area contributed by atoms with Crippen molar-refractivity contribution >= 4 is 5.96 Å². The Balaban J connectivity index is 2.16. The number of nitrogens with zero attached hydrogens (tertiary/aromatic N) is 3. The Hall–Kier alpha value is -2.62. The molecule has 30 heavy (non-hydrogen) atoms. The summed E-state index contributed by atoms with van der Waals surface area (Å²) in [5, 5.41) is 16.4. The number of hydrogen-bond acceptors (Lipinski definition) is 3. The number of halogens is 4. The summed E-state index contributed by atoms with van der Waals surface area (Å²) in [7, 11) is 1.39. The molecule has 2 atom stereocenters. The number of nitrogens with one attached hydrogen (secondary N) is 2. The minimum Gasteiger partial charge on any atom is -0.374 e. The number of hydrogen-bond donors (Lipinski definition) is 3. The summed E-state index contributed by atoms with van der Waals surface area (Å²) in [4.78, 5) is 7.83. The van der Waals surface area contributed by atoms with Gasteiger partial charge in [0.15, 0.2) is 5.96 Å². The van der Waals surface area contributed by atoms with Gasteiger partial charge in [-0.2, -0.15) is 13.2 Å². The van der Waals surface area contributed by atoms with Crippen molar-refractivity contribution in [2.75, 3.05) is 13.1 Å². The molecular weight excluding hydrogens is 402 g/mol. The molecule has 0 fully saturated rings. The fourth-order valence-corrected chi connectivity index (χ4v) is 2.96. The second kappa shape index (κ2) is 9.46. The van der Waals surface area contributed by atoms with E-state index in [1.165, 1.54) is 25.5 Å². The maximum absolute atomic E-state index is 13.8. The smallest absolute Gasteiger partial charge is 0.374 e. The van der Waals surface area contributed by atoms with Crippen LogP contribution in [0, 0.1) is 12.7 Å². The minimum atomic E-state index is -4.92. The quantitative estimate of drug-likeness (QED) is 0.359. The van der Waals surface area contributed by atoms with E-state index >= 15 is 0 Å². The molecular formula is C20H27F4N5O. The van der Waals surface area contributed by atoms with Gasteiger partial charge in [0.1, 0.15) is 11.6 Å². The largest absolute Gasteiger partial charge is 0.424 e. The molecule has 0 radical (unpaired) electrons. The van der Waals surface area contributed by atoms with Crippen LogP contribution in [0.15, 0.2) is 35.6 Å². The summed E-state index contributed by atoms with van der Waals surface area (Å²) in [6.07, 6.45) is -3.09. The van der Waals surface area contributed by atoms with Crippen LogP contribution in [0.2, 0.25) is 0 Å². The molecule has 1 aromatic carbocycles. The standard InChI is InChI=1S/C20H27F4N5O/c1-5-25-18(28-14(3)15-7-6-13(2)16(21)12-15)27-9-8-19(30,20(22,23)24)17-26-10-11-29(17)4/h6-7,10-12,14,30H,5,8-9H2,1-4H3,(H2,25,27,28). The number of alkyl halides is 3. The van der Waals surface area contributed by atoms with E-state index in [-0.39, 0.29) is 24.4 Å². The summed E-state index contributed by atoms with van der Waals surface area (Å²) in [6.45, 7) is 5.42. The summed E-state index contributed by atoms with van der Waals surface area (Å²) < 4.78 is 55.8. The van der Waals surface area contributed by atoms with Gasteiger partial charge in [0.05, 0.1) is 6.04 Å². The van der Waals surface area contributed by atoms with E-state index < -0.39 is 24.0 Å². The normalized spacial score (nSPS) is 15.6. The number of imidazole rings is 1. The third kappa shape index (κ3) is 5.29. The minimum absolute atomic E-state index is 0.260. The third-order valence-electron chi connectivity index (χ3n) is 4.80. The van der Waals surface area contributed by atoms with Gasteiger partial charge in [0.2, 0.25) is 5.60 Å². The molecule has 2 rings (SSSR count). The van der Waals surface area contributed by atoms with Crippen molar-refractivity contribution in [1.29, 1.82) is 0 Å². The van der Waals surface area contributed by atoms with Crippen LogP contribution in [-0.2, 0) is 12.6 Å². The number of aliphatic imine (C=N–C) groups is 1. The maximum atomic E-state index is 13.8. The van der Waals surface area contributed by atoms with Crippen LogP contribution in [0.4, 0.5) is 17.6 Å². The van der Waals surface area contributed by atoms with Crippen LogP contribution in [-0.4, -0.2) is 39.9 Å². The number of aliphatic hydroxyl groups is 1. The Bertz CT molecular complexity index is 880. The summed E-state index contributed by atoms with van der Waals surface area (Å²) in [6, 6.07) is 4.49. The summed E-state index contributed by atoms with van der Waals surface area (Å²) in [5.74, 6) is -0.574. The van der Waals surface area contributed by atoms with E-state index in [4.69, 9.17) is 0 Å². The SMILES string of the molecule is CCNC(=NCCC(O)(c1nccn1C)C(F)(F)F)NC(C)c1ccc(C)c(F)c1. The van der Waals surface area contributed by atoms with Crippen LogP contribution >= 0.6 is 0 Å². The molecule has 2 aromatic rings. The highest BCUT2D eigenvalue weighted by molar-refractivity contribution is 5.80. The monoisotopic (exact) mass is 429 g/mol. The van der Waals surface area contributed by atoms with Gasteiger partial charge in [-0.05, 0) is 38.0 Å². The van der Waals surface area contributed by atoms with Gasteiger partial charge in [-0.15, -0.1) is 0 Å². The van der Waals surface area contributed by atoms with Crippen LogP contribution < -0.4 is 10.6 Å². The third-order valence-corrected chi connectivity index (χ3v) is 4.80. The molecule has 0 bridgehead atoms. The Labute approximate surface area is 173 Å². The van der Waals surface area contributed by atoms with Gasteiger partial charge >= 0.3 is 6.18 Å². The van der Waals surface area contributed by atoms with Crippen molar-refractivity contribution in [3.63, 3.8) is 0 Å². The Morgan fingerprint density at radius 2 is 2.03 bits per heavy atom. The zero-order chi connectivity index (χ0) is 22.5. The van der Waals surface area contributed by atoms with E-state index in [1.807, 2.05) is 6.92 Å². The lowest BCUT2D eigenvalue weighted by molar-refractivity contribution is -0.272. The van der Waals surface area contributed by atoms with Crippen LogP contribution in [0.1, 0.15) is 43.3 Å². The van der Waals surface area contributed by atoms with Gasteiger partial charge in [-0.25, -0.2) is 9.37 Å². The van der Waals surface area contributed by atoms with Crippen molar-refractivity contribution in [2.24, 2.45) is 12.0 Å². The molecule has 2 unspecified atom stereocenters. The lowest BCUT2D eigenvalue weighted by Gasteiger charge is -2.29. The van der Waals surface area contributed by atoms with E-state index in [2.05, 4.69) is 20.6 Å². The van der Waals surface area contributed by atoms with Gasteiger partial charge < -0.3 is 20.3 Å². The number of rotatable bonds is 7. The van der Waals surface area contributed by atoms with E-state index in [1.54, 1.807) is 26.0 Å². The lowest BCUT2D eigenvalue weighted by Crippen LogP contribution is -2.45. The number of aryl methyl sites for hydroxylation is 2. The average Bonchev–Trinajstić information content (AvgIpc) is 3.09. The molecule has 0 saturated heterocycles. The van der Waals surface area contributed by atoms with Crippen LogP contribution in [0.3, 0.4) is 0 Å². The predicted octanol–water partition coefficient (Wildman–Crippen LogP) is 3.32. The highest BCUT2D eigenvalue weighted by Crippen LogP contribution is 2.40. The predicted molar refractivity (Wildman–Crippen MR) is 106 cm³/mol. The molecule has 0 spiro atoms. The first-order chi connectivity index (χ1) is 14.0.